The number of amides is 1. The minimum absolute atomic E-state index is 0.151. The van der Waals surface area contributed by atoms with E-state index in [-0.39, 0.29) is 17.1 Å². The molecule has 0 aliphatic rings. The zero-order valence-corrected chi connectivity index (χ0v) is 13.7. The average molecular weight is 348 g/mol. The molecule has 10 heteroatoms. The van der Waals surface area contributed by atoms with Gasteiger partial charge in [-0.15, -0.1) is 0 Å². The molecule has 25 heavy (non-hydrogen) atoms. The normalized spacial score (nSPS) is 9.88. The van der Waals surface area contributed by atoms with Gasteiger partial charge in [0.15, 0.2) is 11.5 Å². The number of ether oxygens (including phenoxy) is 3. The summed E-state index contributed by atoms with van der Waals surface area (Å²) in [5, 5.41) is 10.6. The number of hydrogen-bond donors (Lipinski definition) is 2. The van der Waals surface area contributed by atoms with Crippen molar-refractivity contribution in [2.75, 3.05) is 26.8 Å². The van der Waals surface area contributed by atoms with E-state index in [0.717, 1.165) is 6.20 Å². The molecular formula is C15H16N4O6. The van der Waals surface area contributed by atoms with E-state index in [2.05, 4.69) is 15.8 Å². The van der Waals surface area contributed by atoms with Crippen molar-refractivity contribution in [3.8, 4) is 17.2 Å². The van der Waals surface area contributed by atoms with Gasteiger partial charge in [0, 0.05) is 11.6 Å². The third kappa shape index (κ3) is 4.05. The fraction of sp³-hybridized carbons (Fsp3) is 0.200. The molecule has 1 amide bonds. The minimum Gasteiger partial charge on any atom is -0.493 e. The first kappa shape index (κ1) is 17.8. The summed E-state index contributed by atoms with van der Waals surface area (Å²) in [6.45, 7) is 0. The van der Waals surface area contributed by atoms with Gasteiger partial charge in [0.2, 0.25) is 5.75 Å². The van der Waals surface area contributed by atoms with Crippen LogP contribution in [-0.4, -0.2) is 37.1 Å². The van der Waals surface area contributed by atoms with Crippen molar-refractivity contribution in [3.05, 3.63) is 46.1 Å². The number of carbonyl (C=O) groups is 1. The van der Waals surface area contributed by atoms with Crippen molar-refractivity contribution in [3.63, 3.8) is 0 Å². The van der Waals surface area contributed by atoms with Gasteiger partial charge in [0.05, 0.1) is 26.3 Å². The van der Waals surface area contributed by atoms with Crippen LogP contribution >= 0.6 is 0 Å². The Balaban J connectivity index is 2.13. The molecule has 2 aromatic rings. The molecule has 0 aliphatic heterocycles. The van der Waals surface area contributed by atoms with Gasteiger partial charge in [-0.3, -0.25) is 25.8 Å². The lowest BCUT2D eigenvalue weighted by atomic mass is 10.1. The van der Waals surface area contributed by atoms with Crippen molar-refractivity contribution in [1.82, 2.24) is 10.4 Å². The predicted octanol–water partition coefficient (Wildman–Crippen LogP) is 1.77. The number of aromatic nitrogens is 1. The van der Waals surface area contributed by atoms with E-state index in [9.17, 15) is 14.9 Å². The number of carbonyl (C=O) groups excluding carboxylic acids is 1. The molecule has 0 saturated carbocycles. The number of nitrogens with zero attached hydrogens (tertiary/aromatic N) is 2. The number of benzene rings is 1. The van der Waals surface area contributed by atoms with E-state index in [0.29, 0.717) is 17.2 Å². The highest BCUT2D eigenvalue weighted by Gasteiger charge is 2.17. The number of hydrazine groups is 1. The molecule has 10 nitrogen and oxygen atoms in total. The summed E-state index contributed by atoms with van der Waals surface area (Å²) in [6, 6.07) is 5.61. The summed E-state index contributed by atoms with van der Waals surface area (Å²) >= 11 is 0. The van der Waals surface area contributed by atoms with Gasteiger partial charge in [0.1, 0.15) is 12.0 Å². The molecule has 0 radical (unpaired) electrons. The van der Waals surface area contributed by atoms with Crippen LogP contribution in [0.25, 0.3) is 0 Å². The first-order valence-electron chi connectivity index (χ1n) is 6.97. The average Bonchev–Trinajstić information content (AvgIpc) is 2.64. The van der Waals surface area contributed by atoms with Crippen LogP contribution in [0.3, 0.4) is 0 Å². The summed E-state index contributed by atoms with van der Waals surface area (Å²) in [4.78, 5) is 26.1. The zero-order chi connectivity index (χ0) is 18.4. The van der Waals surface area contributed by atoms with Crippen LogP contribution in [0.5, 0.6) is 17.2 Å². The summed E-state index contributed by atoms with van der Waals surface area (Å²) < 4.78 is 15.6. The number of pyridine rings is 1. The first-order valence-corrected chi connectivity index (χ1v) is 6.97. The van der Waals surface area contributed by atoms with E-state index >= 15 is 0 Å². The molecular weight excluding hydrogens is 332 g/mol. The van der Waals surface area contributed by atoms with E-state index in [1.165, 1.54) is 45.6 Å². The van der Waals surface area contributed by atoms with Gasteiger partial charge in [-0.2, -0.15) is 0 Å². The molecule has 0 aliphatic carbocycles. The maximum atomic E-state index is 12.3. The highest BCUT2D eigenvalue weighted by Crippen LogP contribution is 2.38. The highest BCUT2D eigenvalue weighted by molar-refractivity contribution is 5.96. The van der Waals surface area contributed by atoms with Crippen LogP contribution in [0.1, 0.15) is 10.4 Å². The Kier molecular flexibility index (Phi) is 5.56. The second-order valence-corrected chi connectivity index (χ2v) is 4.65. The lowest BCUT2D eigenvalue weighted by Crippen LogP contribution is -2.29. The number of methoxy groups -OCH3 is 3. The van der Waals surface area contributed by atoms with Crippen molar-refractivity contribution >= 4 is 17.4 Å². The zero-order valence-electron chi connectivity index (χ0n) is 13.7. The molecule has 0 fully saturated rings. The molecule has 0 unspecified atom stereocenters. The van der Waals surface area contributed by atoms with Crippen LogP contribution in [0.2, 0.25) is 0 Å². The van der Waals surface area contributed by atoms with E-state index in [1.54, 1.807) is 0 Å². The van der Waals surface area contributed by atoms with Crippen LogP contribution < -0.4 is 25.1 Å². The van der Waals surface area contributed by atoms with Gasteiger partial charge < -0.3 is 14.2 Å². The van der Waals surface area contributed by atoms with Crippen molar-refractivity contribution < 1.29 is 23.9 Å². The van der Waals surface area contributed by atoms with Crippen LogP contribution in [0.4, 0.5) is 11.5 Å². The molecule has 1 aromatic carbocycles. The largest absolute Gasteiger partial charge is 0.493 e. The predicted molar refractivity (Wildman–Crippen MR) is 88.1 cm³/mol. The number of anilines is 1. The van der Waals surface area contributed by atoms with Gasteiger partial charge in [-0.25, -0.2) is 4.98 Å². The second kappa shape index (κ2) is 7.81. The number of hydrogen-bond acceptors (Lipinski definition) is 8. The third-order valence-electron chi connectivity index (χ3n) is 3.19. The Bertz CT molecular complexity index is 753. The molecule has 0 bridgehead atoms. The van der Waals surface area contributed by atoms with Gasteiger partial charge in [0.25, 0.3) is 11.6 Å². The van der Waals surface area contributed by atoms with E-state index < -0.39 is 10.8 Å². The molecule has 0 spiro atoms. The topological polar surface area (TPSA) is 125 Å². The van der Waals surface area contributed by atoms with Gasteiger partial charge in [-0.1, -0.05) is 0 Å². The van der Waals surface area contributed by atoms with Crippen LogP contribution in [-0.2, 0) is 0 Å². The van der Waals surface area contributed by atoms with E-state index in [1.807, 2.05) is 0 Å². The Morgan fingerprint density at radius 3 is 2.20 bits per heavy atom. The monoisotopic (exact) mass is 348 g/mol. The summed E-state index contributed by atoms with van der Waals surface area (Å²) in [5.74, 6) is 0.790. The number of nitro groups is 1. The molecule has 0 atom stereocenters. The maximum absolute atomic E-state index is 12.3. The molecule has 0 saturated heterocycles. The number of nitrogens with one attached hydrogen (secondary N) is 2. The summed E-state index contributed by atoms with van der Waals surface area (Å²) in [6.07, 6.45) is 1.08. The minimum atomic E-state index is -0.564. The van der Waals surface area contributed by atoms with E-state index in [4.69, 9.17) is 14.2 Å². The molecule has 1 aromatic heterocycles. The summed E-state index contributed by atoms with van der Waals surface area (Å²) in [5.41, 5.74) is 5.10. The third-order valence-corrected chi connectivity index (χ3v) is 3.19. The Hall–Kier alpha value is -3.56. The van der Waals surface area contributed by atoms with Gasteiger partial charge in [-0.05, 0) is 18.2 Å². The second-order valence-electron chi connectivity index (χ2n) is 4.65. The number of rotatable bonds is 7. The van der Waals surface area contributed by atoms with Gasteiger partial charge >= 0.3 is 0 Å². The fourth-order valence-corrected chi connectivity index (χ4v) is 1.97. The lowest BCUT2D eigenvalue weighted by Gasteiger charge is -2.14. The van der Waals surface area contributed by atoms with Crippen LogP contribution in [0.15, 0.2) is 30.5 Å². The molecule has 2 rings (SSSR count). The summed E-state index contributed by atoms with van der Waals surface area (Å²) in [7, 11) is 4.35. The van der Waals surface area contributed by atoms with Crippen molar-refractivity contribution in [2.24, 2.45) is 0 Å². The van der Waals surface area contributed by atoms with Crippen molar-refractivity contribution in [1.29, 1.82) is 0 Å². The molecule has 1 heterocycles. The fourth-order valence-electron chi connectivity index (χ4n) is 1.97. The smallest absolute Gasteiger partial charge is 0.287 e. The molecule has 2 N–H and O–H groups in total. The Morgan fingerprint density at radius 1 is 1.12 bits per heavy atom. The lowest BCUT2D eigenvalue weighted by molar-refractivity contribution is -0.385. The standard InChI is InChI=1S/C15H16N4O6/c1-23-11-6-9(7-12(24-2)14(11)25-3)15(20)18-17-13-5-4-10(8-16-13)19(21)22/h4-8H,1-3H3,(H,16,17)(H,18,20). The molecule has 132 valence electrons. The van der Waals surface area contributed by atoms with Crippen molar-refractivity contribution in [2.45, 2.75) is 0 Å². The highest BCUT2D eigenvalue weighted by atomic mass is 16.6. The SMILES string of the molecule is COc1cc(C(=O)NNc2ccc([N+](=O)[O-])cn2)cc(OC)c1OC. The quantitative estimate of drug-likeness (QED) is 0.573. The first-order chi connectivity index (χ1) is 12.0. The van der Waals surface area contributed by atoms with Crippen LogP contribution in [0, 0.1) is 10.1 Å². The Morgan fingerprint density at radius 2 is 1.76 bits per heavy atom. The maximum Gasteiger partial charge on any atom is 0.287 e. The Labute approximate surface area is 142 Å².